The smallest absolute Gasteiger partial charge is 0.147 e. The minimum Gasteiger partial charge on any atom is -0.331 e. The van der Waals surface area contributed by atoms with Gasteiger partial charge in [-0.15, -0.1) is 0 Å². The highest BCUT2D eigenvalue weighted by Gasteiger charge is 2.28. The van der Waals surface area contributed by atoms with Crippen LogP contribution in [0.1, 0.15) is 20.8 Å². The first kappa shape index (κ1) is 20.8. The van der Waals surface area contributed by atoms with E-state index in [2.05, 4.69) is 18.2 Å². The van der Waals surface area contributed by atoms with Gasteiger partial charge < -0.3 is 4.90 Å². The van der Waals surface area contributed by atoms with Gasteiger partial charge in [0.1, 0.15) is 11.6 Å². The molecule has 0 amide bonds. The van der Waals surface area contributed by atoms with Crippen LogP contribution in [0.25, 0.3) is 22.3 Å². The maximum absolute atomic E-state index is 15.4. The molecule has 1 nitrogen and oxygen atoms in total. The molecule has 3 heteroatoms. The fourth-order valence-electron chi connectivity index (χ4n) is 3.86. The lowest BCUT2D eigenvalue weighted by Crippen LogP contribution is -2.38. The minimum atomic E-state index is -0.516. The van der Waals surface area contributed by atoms with Crippen LogP contribution in [0.5, 0.6) is 0 Å². The molecule has 4 aromatic rings. The maximum Gasteiger partial charge on any atom is 0.147 e. The summed E-state index contributed by atoms with van der Waals surface area (Å²) in [4.78, 5) is 1.71. The van der Waals surface area contributed by atoms with Crippen LogP contribution in [0, 0.1) is 11.6 Å². The molecule has 0 aliphatic carbocycles. The molecule has 0 N–H and O–H groups in total. The molecule has 31 heavy (non-hydrogen) atoms. The van der Waals surface area contributed by atoms with Crippen molar-refractivity contribution in [3.63, 3.8) is 0 Å². The van der Waals surface area contributed by atoms with E-state index in [1.54, 1.807) is 29.2 Å². The Labute approximate surface area is 182 Å². The van der Waals surface area contributed by atoms with Crippen molar-refractivity contribution in [3.8, 4) is 22.3 Å². The topological polar surface area (TPSA) is 3.24 Å². The van der Waals surface area contributed by atoms with Crippen molar-refractivity contribution < 1.29 is 8.78 Å². The molecule has 156 valence electrons. The number of nitrogens with zero attached hydrogens (tertiary/aromatic N) is 1. The first-order chi connectivity index (χ1) is 14.8. The Hall–Kier alpha value is -3.46. The van der Waals surface area contributed by atoms with Crippen molar-refractivity contribution in [3.05, 3.63) is 109 Å². The normalized spacial score (nSPS) is 11.4. The van der Waals surface area contributed by atoms with Crippen molar-refractivity contribution in [2.24, 2.45) is 0 Å². The van der Waals surface area contributed by atoms with Gasteiger partial charge in [-0.05, 0) is 73.4 Å². The lowest BCUT2D eigenvalue weighted by atomic mass is 9.97. The zero-order chi connectivity index (χ0) is 22.0. The van der Waals surface area contributed by atoms with Gasteiger partial charge >= 0.3 is 0 Å². The second-order valence-corrected chi connectivity index (χ2v) is 8.57. The summed E-state index contributed by atoms with van der Waals surface area (Å²) >= 11 is 0. The van der Waals surface area contributed by atoms with Gasteiger partial charge in [-0.25, -0.2) is 8.78 Å². The van der Waals surface area contributed by atoms with Crippen LogP contribution in [0.4, 0.5) is 20.2 Å². The van der Waals surface area contributed by atoms with Gasteiger partial charge in [0.05, 0.1) is 11.4 Å². The Morgan fingerprint density at radius 3 is 1.71 bits per heavy atom. The van der Waals surface area contributed by atoms with Crippen LogP contribution < -0.4 is 4.90 Å². The first-order valence-electron chi connectivity index (χ1n) is 10.3. The Morgan fingerprint density at radius 2 is 1.06 bits per heavy atom. The summed E-state index contributed by atoms with van der Waals surface area (Å²) in [5.74, 6) is -0.766. The molecule has 0 bridgehead atoms. The number of rotatable bonds is 4. The number of anilines is 2. The zero-order valence-electron chi connectivity index (χ0n) is 17.9. The standard InChI is InChI=1S/C28H25F2N/c1-28(2,3)31(26-15-8-7-14-24(26)29)27-17-16-23(19-25(27)30)22-13-9-12-21(18-22)20-10-5-4-6-11-20/h4-19H,1-3H3. The van der Waals surface area contributed by atoms with Crippen LogP contribution in [-0.2, 0) is 0 Å². The lowest BCUT2D eigenvalue weighted by Gasteiger charge is -2.38. The summed E-state index contributed by atoms with van der Waals surface area (Å²) in [6.45, 7) is 5.82. The van der Waals surface area contributed by atoms with E-state index in [9.17, 15) is 4.39 Å². The average Bonchev–Trinajstić information content (AvgIpc) is 2.76. The Kier molecular flexibility index (Phi) is 5.60. The van der Waals surface area contributed by atoms with Crippen molar-refractivity contribution in [2.75, 3.05) is 4.90 Å². The summed E-state index contributed by atoms with van der Waals surface area (Å²) in [6.07, 6.45) is 0. The Bertz CT molecular complexity index is 1190. The predicted octanol–water partition coefficient (Wildman–Crippen LogP) is 8.24. The molecule has 4 aromatic carbocycles. The van der Waals surface area contributed by atoms with Gasteiger partial charge in [0.25, 0.3) is 0 Å². The molecule has 0 atom stereocenters. The third-order valence-electron chi connectivity index (χ3n) is 5.26. The van der Waals surface area contributed by atoms with E-state index in [-0.39, 0.29) is 11.6 Å². The molecular weight excluding hydrogens is 388 g/mol. The Morgan fingerprint density at radius 1 is 0.516 bits per heavy atom. The number of hydrogen-bond donors (Lipinski definition) is 0. The van der Waals surface area contributed by atoms with Crippen molar-refractivity contribution in [2.45, 2.75) is 26.3 Å². The van der Waals surface area contributed by atoms with Crippen molar-refractivity contribution in [1.82, 2.24) is 0 Å². The first-order valence-corrected chi connectivity index (χ1v) is 10.3. The molecule has 0 saturated heterocycles. The van der Waals surface area contributed by atoms with Gasteiger partial charge in [-0.2, -0.15) is 0 Å². The van der Waals surface area contributed by atoms with Crippen molar-refractivity contribution in [1.29, 1.82) is 0 Å². The van der Waals surface area contributed by atoms with Gasteiger partial charge in [0.2, 0.25) is 0 Å². The number of para-hydroxylation sites is 1. The lowest BCUT2D eigenvalue weighted by molar-refractivity contribution is 0.527. The van der Waals surface area contributed by atoms with Crippen LogP contribution in [0.3, 0.4) is 0 Å². The van der Waals surface area contributed by atoms with Gasteiger partial charge in [-0.1, -0.05) is 66.7 Å². The zero-order valence-corrected chi connectivity index (χ0v) is 17.9. The van der Waals surface area contributed by atoms with Crippen molar-refractivity contribution >= 4 is 11.4 Å². The molecule has 0 unspecified atom stereocenters. The summed E-state index contributed by atoms with van der Waals surface area (Å²) in [6, 6.07) is 29.8. The monoisotopic (exact) mass is 413 g/mol. The maximum atomic E-state index is 15.4. The van der Waals surface area contributed by atoms with E-state index in [0.717, 1.165) is 22.3 Å². The van der Waals surface area contributed by atoms with E-state index >= 15 is 4.39 Å². The van der Waals surface area contributed by atoms with E-state index in [1.807, 2.05) is 63.2 Å². The van der Waals surface area contributed by atoms with Gasteiger partial charge in [-0.3, -0.25) is 0 Å². The highest BCUT2D eigenvalue weighted by atomic mass is 19.1. The largest absolute Gasteiger partial charge is 0.331 e. The highest BCUT2D eigenvalue weighted by molar-refractivity contribution is 5.75. The number of halogens is 2. The Balaban J connectivity index is 1.75. The second-order valence-electron chi connectivity index (χ2n) is 8.57. The number of hydrogen-bond acceptors (Lipinski definition) is 1. The molecule has 0 heterocycles. The van der Waals surface area contributed by atoms with E-state index in [1.165, 1.54) is 12.1 Å². The average molecular weight is 414 g/mol. The minimum absolute atomic E-state index is 0.348. The summed E-state index contributed by atoms with van der Waals surface area (Å²) in [5, 5.41) is 0. The molecule has 0 aliphatic rings. The summed E-state index contributed by atoms with van der Waals surface area (Å²) in [7, 11) is 0. The highest BCUT2D eigenvalue weighted by Crippen LogP contribution is 2.38. The number of benzene rings is 4. The van der Waals surface area contributed by atoms with Gasteiger partial charge in [0.15, 0.2) is 0 Å². The fraction of sp³-hybridized carbons (Fsp3) is 0.143. The van der Waals surface area contributed by atoms with Crippen LogP contribution >= 0.6 is 0 Å². The summed E-state index contributed by atoms with van der Waals surface area (Å²) < 4.78 is 30.0. The SMILES string of the molecule is CC(C)(C)N(c1ccccc1F)c1ccc(-c2cccc(-c3ccccc3)c2)cc1F. The predicted molar refractivity (Wildman–Crippen MR) is 126 cm³/mol. The van der Waals surface area contributed by atoms with E-state index in [0.29, 0.717) is 11.4 Å². The molecule has 0 saturated carbocycles. The van der Waals surface area contributed by atoms with Crippen LogP contribution in [0.2, 0.25) is 0 Å². The van der Waals surface area contributed by atoms with Crippen LogP contribution in [0.15, 0.2) is 97.1 Å². The molecule has 0 aromatic heterocycles. The molecule has 0 radical (unpaired) electrons. The quantitative estimate of drug-likeness (QED) is 0.326. The fourth-order valence-corrected chi connectivity index (χ4v) is 3.86. The van der Waals surface area contributed by atoms with Gasteiger partial charge in [0, 0.05) is 5.54 Å². The van der Waals surface area contributed by atoms with E-state index < -0.39 is 5.54 Å². The van der Waals surface area contributed by atoms with E-state index in [4.69, 9.17) is 0 Å². The second kappa shape index (κ2) is 8.35. The van der Waals surface area contributed by atoms with Crippen LogP contribution in [-0.4, -0.2) is 5.54 Å². The molecule has 0 aliphatic heterocycles. The summed E-state index contributed by atoms with van der Waals surface area (Å²) in [5.41, 5.74) is 4.08. The molecule has 4 rings (SSSR count). The molecule has 0 fully saturated rings. The third kappa shape index (κ3) is 4.36. The third-order valence-corrected chi connectivity index (χ3v) is 5.26. The molecular formula is C28H25F2N. The molecule has 0 spiro atoms.